The lowest BCUT2D eigenvalue weighted by atomic mass is 9.86. The normalized spacial score (nSPS) is 13.0. The number of furan rings is 1. The highest BCUT2D eigenvalue weighted by atomic mass is 16.5. The minimum atomic E-state index is -0.117. The molecular weight excluding hydrogens is 1460 g/mol. The largest absolute Gasteiger partial charge is 0.492 e. The minimum Gasteiger partial charge on any atom is -0.492 e. The first-order valence-electron chi connectivity index (χ1n) is 42.0. The maximum Gasteiger partial charge on any atom is 0.272 e. The van der Waals surface area contributed by atoms with Gasteiger partial charge in [0.1, 0.15) is 39.7 Å². The molecule has 117 heavy (non-hydrogen) atoms. The van der Waals surface area contributed by atoms with Crippen LogP contribution in [0.5, 0.6) is 11.5 Å². The van der Waals surface area contributed by atoms with Gasteiger partial charge in [-0.05, 0) is 294 Å². The van der Waals surface area contributed by atoms with Crippen molar-refractivity contribution in [1.29, 1.82) is 0 Å². The van der Waals surface area contributed by atoms with Gasteiger partial charge < -0.3 is 19.2 Å². The summed E-state index contributed by atoms with van der Waals surface area (Å²) in [5, 5.41) is 26.8. The molecule has 0 saturated heterocycles. The van der Waals surface area contributed by atoms with Gasteiger partial charge in [-0.15, -0.1) is 0 Å². The highest BCUT2D eigenvalue weighted by molar-refractivity contribution is 6.14. The van der Waals surface area contributed by atoms with E-state index in [9.17, 15) is 24.0 Å². The van der Waals surface area contributed by atoms with Crippen molar-refractivity contribution >= 4 is 51.1 Å². The Morgan fingerprint density at radius 1 is 0.308 bits per heavy atom. The Hall–Kier alpha value is -10.3. The maximum atomic E-state index is 12.7. The second kappa shape index (κ2) is 33.2. The van der Waals surface area contributed by atoms with Crippen LogP contribution in [0.15, 0.2) is 4.42 Å². The van der Waals surface area contributed by atoms with Crippen molar-refractivity contribution in [3.63, 3.8) is 0 Å². The molecular formula is C98H127N11O8. The van der Waals surface area contributed by atoms with E-state index in [2.05, 4.69) is 169 Å². The van der Waals surface area contributed by atoms with Crippen LogP contribution in [0.3, 0.4) is 0 Å². The van der Waals surface area contributed by atoms with E-state index in [0.717, 1.165) is 115 Å². The lowest BCUT2D eigenvalue weighted by Gasteiger charge is -2.20. The summed E-state index contributed by atoms with van der Waals surface area (Å²) in [6.45, 7) is 63.6. The summed E-state index contributed by atoms with van der Waals surface area (Å²) in [6, 6.07) is 0.0772. The molecule has 2 aliphatic heterocycles. The number of benzene rings is 5. The van der Waals surface area contributed by atoms with E-state index >= 15 is 0 Å². The van der Waals surface area contributed by atoms with Gasteiger partial charge in [0, 0.05) is 134 Å². The average Bonchev–Trinajstić information content (AvgIpc) is 1.61. The Morgan fingerprint density at radius 2 is 0.615 bits per heavy atom. The molecule has 1 N–H and O–H groups in total. The summed E-state index contributed by atoms with van der Waals surface area (Å²) in [6.07, 6.45) is 5.31. The number of carbonyl (C=O) groups is 5. The number of hydrogen-bond donors (Lipinski definition) is 1. The predicted octanol–water partition coefficient (Wildman–Crippen LogP) is 20.6. The Bertz CT molecular complexity index is 5810. The number of ketones is 4. The zero-order chi connectivity index (χ0) is 86.7. The monoisotopic (exact) mass is 1590 g/mol. The lowest BCUT2D eigenvalue weighted by molar-refractivity contribution is 0.0925. The van der Waals surface area contributed by atoms with E-state index in [4.69, 9.17) is 13.9 Å². The molecule has 0 saturated carbocycles. The van der Waals surface area contributed by atoms with Crippen molar-refractivity contribution in [2.45, 2.75) is 252 Å². The van der Waals surface area contributed by atoms with E-state index in [-0.39, 0.29) is 58.8 Å². The highest BCUT2D eigenvalue weighted by Gasteiger charge is 2.37. The van der Waals surface area contributed by atoms with Gasteiger partial charge in [-0.2, -0.15) is 25.5 Å². The summed E-state index contributed by atoms with van der Waals surface area (Å²) in [4.78, 5) is 62.8. The fraction of sp³-hybridized carbons (Fsp3) is 0.490. The van der Waals surface area contributed by atoms with Gasteiger partial charge in [-0.3, -0.25) is 47.4 Å². The van der Waals surface area contributed by atoms with Gasteiger partial charge in [-0.1, -0.05) is 55.4 Å². The van der Waals surface area contributed by atoms with Gasteiger partial charge in [-0.25, -0.2) is 0 Å². The number of carbonyl (C=O) groups excluding carboxylic acids is 5. The fourth-order valence-corrected chi connectivity index (χ4v) is 18.0. The molecule has 0 radical (unpaired) electrons. The van der Waals surface area contributed by atoms with Crippen molar-refractivity contribution in [3.05, 3.63) is 173 Å². The summed E-state index contributed by atoms with van der Waals surface area (Å²) >= 11 is 0. The van der Waals surface area contributed by atoms with Gasteiger partial charge in [0.05, 0.1) is 36.0 Å². The summed E-state index contributed by atoms with van der Waals surface area (Å²) < 4.78 is 27.7. The van der Waals surface area contributed by atoms with Crippen LogP contribution in [0.25, 0.3) is 67.1 Å². The van der Waals surface area contributed by atoms with E-state index in [0.29, 0.717) is 60.1 Å². The molecule has 8 heterocycles. The molecule has 0 bridgehead atoms. The molecule has 6 aromatic heterocycles. The van der Waals surface area contributed by atoms with Gasteiger partial charge in [0.25, 0.3) is 5.91 Å². The summed E-state index contributed by atoms with van der Waals surface area (Å²) in [5.41, 5.74) is 47.1. The number of ether oxygens (including phenoxy) is 2. The standard InChI is InChI=1S/C21H28N2O.C20H27N3O2.C20H26N2O2.C19H24N2O.C18H22N2O2/c1-11(2)21(24)19-17-10-8-9-16-14(5)12(3)13(4)15(6)18(16)20(17)23(7)22-19;1-10(2)21-20(24)17-15-8-9-25-19-14(6)12(4)11(3)13(5)16(19)18(15)23(7)22-17;1-10(2)19(23)17-15-8-9-24-20-14(6)12(4)11(3)13(5)16(20)18(15)22(7)21-17;1-9(2)19(22)17-15-8-14-12(5)10(3)11(4)13(6)16(14)18(15)21(7)20-17;1-8(2)16(21)14-18-15(20(7)19-14)13-11(5)9(3)10(4)12(6)17(13)22-18/h11H,8-10H2,1-7H3;10H,8-9H2,1-7H3,(H,21,24);10H,8-9H2,1-7H3;9H,8H2,1-7H3;8H,1-7H3. The molecule has 19 heteroatoms. The number of fused-ring (bicyclic) bond motifs is 15. The number of amides is 1. The first-order chi connectivity index (χ1) is 54.7. The van der Waals surface area contributed by atoms with E-state index in [1.807, 2.05) is 123 Å². The molecule has 0 unspecified atom stereocenters. The number of rotatable bonds is 10. The number of aryl methyl sites for hydroxylation is 7. The molecule has 11 aromatic rings. The van der Waals surface area contributed by atoms with Crippen LogP contribution < -0.4 is 14.8 Å². The van der Waals surface area contributed by atoms with Crippen molar-refractivity contribution in [2.75, 3.05) is 13.2 Å². The molecule has 15 rings (SSSR count). The van der Waals surface area contributed by atoms with Gasteiger partial charge in [0.15, 0.2) is 40.1 Å². The number of aromatic nitrogens is 10. The predicted molar refractivity (Wildman–Crippen MR) is 472 cm³/mol. The average molecular weight is 1590 g/mol. The third kappa shape index (κ3) is 15.0. The number of Topliss-reactive ketones (excluding diaryl/α,β-unsaturated/α-hetero) is 4. The second-order valence-electron chi connectivity index (χ2n) is 35.2. The fourth-order valence-electron chi connectivity index (χ4n) is 18.0. The Balaban J connectivity index is 0.000000144. The number of hydrogen-bond acceptors (Lipinski definition) is 13. The molecule has 0 atom stereocenters. The molecule has 19 nitrogen and oxygen atoms in total. The van der Waals surface area contributed by atoms with E-state index in [1.54, 1.807) is 4.68 Å². The molecule has 2 aliphatic carbocycles. The molecule has 0 spiro atoms. The lowest BCUT2D eigenvalue weighted by Crippen LogP contribution is -2.31. The molecule has 622 valence electrons. The van der Waals surface area contributed by atoms with Crippen molar-refractivity contribution in [2.24, 2.45) is 58.9 Å². The Kier molecular flexibility index (Phi) is 24.9. The molecule has 4 aliphatic rings. The van der Waals surface area contributed by atoms with E-state index in [1.165, 1.54) is 128 Å². The Morgan fingerprint density at radius 3 is 1.04 bits per heavy atom. The highest BCUT2D eigenvalue weighted by Crippen LogP contribution is 2.49. The van der Waals surface area contributed by atoms with Crippen LogP contribution in [0.4, 0.5) is 0 Å². The van der Waals surface area contributed by atoms with Crippen LogP contribution in [-0.2, 0) is 67.3 Å². The van der Waals surface area contributed by atoms with E-state index < -0.39 is 0 Å². The first kappa shape index (κ1) is 87.5. The molecule has 5 aromatic carbocycles. The molecule has 0 fully saturated rings. The smallest absolute Gasteiger partial charge is 0.272 e. The second-order valence-corrected chi connectivity index (χ2v) is 35.2. The number of nitrogens with zero attached hydrogens (tertiary/aromatic N) is 10. The third-order valence-corrected chi connectivity index (χ3v) is 26.6. The van der Waals surface area contributed by atoms with Crippen LogP contribution in [-0.4, -0.2) is 97.2 Å². The topological polar surface area (TPSA) is 218 Å². The zero-order valence-electron chi connectivity index (χ0n) is 76.8. The van der Waals surface area contributed by atoms with Gasteiger partial charge >= 0.3 is 0 Å². The van der Waals surface area contributed by atoms with Crippen LogP contribution in [0.1, 0.15) is 273 Å². The van der Waals surface area contributed by atoms with Gasteiger partial charge in [0.2, 0.25) is 0 Å². The Labute approximate surface area is 693 Å². The summed E-state index contributed by atoms with van der Waals surface area (Å²) in [7, 11) is 9.64. The first-order valence-corrected chi connectivity index (χ1v) is 42.0. The van der Waals surface area contributed by atoms with Crippen molar-refractivity contribution in [1.82, 2.24) is 54.2 Å². The quantitative estimate of drug-likeness (QED) is 0.126. The third-order valence-electron chi connectivity index (χ3n) is 26.6. The summed E-state index contributed by atoms with van der Waals surface area (Å²) in [5.74, 6) is 1.99. The van der Waals surface area contributed by atoms with Crippen molar-refractivity contribution < 1.29 is 37.9 Å². The minimum absolute atomic E-state index is 0.0192. The number of nitrogens with one attached hydrogen (secondary N) is 1. The SMILES string of the molecule is Cc1c(C)c(C)c2c(c1C)CCCc1c(C(=O)C(C)C)nn(C)c1-2.Cc1c(C)c(C)c2c(c1C)Cc1c(C(=O)C(C)C)nn(C)c1-2.Cc1c(C)c(C)c2c(c1C)OCCc1c(C(=O)C(C)C)nn(C)c1-2.Cc1c(C)c(C)c2c(c1C)OCCc1c(C(=O)NC(C)C)nn(C)c1-2.Cc1c(C)c(C)c2c(oc3c(C(=O)C(C)C)nn(C)c32)c1C. The zero-order valence-corrected chi connectivity index (χ0v) is 76.8. The van der Waals surface area contributed by atoms with Crippen LogP contribution in [0.2, 0.25) is 0 Å². The van der Waals surface area contributed by atoms with Crippen LogP contribution >= 0.6 is 0 Å². The van der Waals surface area contributed by atoms with Crippen molar-refractivity contribution in [3.8, 4) is 56.5 Å². The maximum absolute atomic E-state index is 12.7. The van der Waals surface area contributed by atoms with Crippen LogP contribution in [0, 0.1) is 162 Å². The molecule has 1 amide bonds.